The van der Waals surface area contributed by atoms with E-state index in [9.17, 15) is 8.42 Å². The van der Waals surface area contributed by atoms with Gasteiger partial charge in [0, 0.05) is 0 Å². The van der Waals surface area contributed by atoms with Gasteiger partial charge >= 0.3 is 0 Å². The molecule has 56 valence electrons. The minimum Gasteiger partial charge on any atom is -0.294 e. The molecule has 0 radical (unpaired) electrons. The van der Waals surface area contributed by atoms with Gasteiger partial charge in [-0.05, 0) is 14.1 Å². The summed E-state index contributed by atoms with van der Waals surface area (Å²) in [6, 6.07) is 0. The summed E-state index contributed by atoms with van der Waals surface area (Å²) in [6.07, 6.45) is 0. The summed E-state index contributed by atoms with van der Waals surface area (Å²) < 4.78 is 25.3. The van der Waals surface area contributed by atoms with Crippen molar-refractivity contribution in [3.05, 3.63) is 0 Å². The molecular formula is C4H11NO3S. The average molecular weight is 153 g/mol. The Morgan fingerprint density at radius 1 is 1.44 bits per heavy atom. The zero-order valence-electron chi connectivity index (χ0n) is 5.79. The van der Waals surface area contributed by atoms with Gasteiger partial charge in [-0.3, -0.25) is 9.08 Å². The van der Waals surface area contributed by atoms with Crippen LogP contribution < -0.4 is 0 Å². The Morgan fingerprint density at radius 2 is 1.89 bits per heavy atom. The summed E-state index contributed by atoms with van der Waals surface area (Å²) in [7, 11) is 1.19. The van der Waals surface area contributed by atoms with E-state index < -0.39 is 10.1 Å². The fourth-order valence-corrected chi connectivity index (χ4v) is 1.11. The van der Waals surface area contributed by atoms with Crippen LogP contribution in [0, 0.1) is 0 Å². The zero-order valence-corrected chi connectivity index (χ0v) is 6.60. The molecule has 0 aliphatic carbocycles. The van der Waals surface area contributed by atoms with Crippen LogP contribution in [-0.2, 0) is 14.3 Å². The normalized spacial score (nSPS) is 12.4. The zero-order chi connectivity index (χ0) is 7.49. The summed E-state index contributed by atoms with van der Waals surface area (Å²) in [5.41, 5.74) is 0. The number of nitrogens with zero attached hydrogens (tertiary/aromatic N) is 1. The highest BCUT2D eigenvalue weighted by Crippen LogP contribution is 1.90. The van der Waals surface area contributed by atoms with Gasteiger partial charge in [-0.15, -0.1) is 0 Å². The lowest BCUT2D eigenvalue weighted by Crippen LogP contribution is -2.22. The van der Waals surface area contributed by atoms with Crippen LogP contribution in [0.2, 0.25) is 0 Å². The summed E-state index contributed by atoms with van der Waals surface area (Å²) in [5, 5.41) is 0. The first-order valence-corrected chi connectivity index (χ1v) is 3.98. The quantitative estimate of drug-likeness (QED) is 0.512. The summed E-state index contributed by atoms with van der Waals surface area (Å²) in [5.74, 6) is -0.0660. The van der Waals surface area contributed by atoms with Gasteiger partial charge in [0.25, 0.3) is 10.1 Å². The standard InChI is InChI=1S/C4H11NO3S/c1-5(2)4-9(6,7)8-3/h4H2,1-3H3. The predicted molar refractivity (Wildman–Crippen MR) is 34.5 cm³/mol. The molecule has 5 heteroatoms. The van der Waals surface area contributed by atoms with Crippen LogP contribution in [0.3, 0.4) is 0 Å². The maximum Gasteiger partial charge on any atom is 0.280 e. The third-order valence-corrected chi connectivity index (χ3v) is 2.01. The SMILES string of the molecule is COS(=O)(=O)CN(C)C. The molecule has 0 aliphatic rings. The van der Waals surface area contributed by atoms with E-state index in [1.165, 1.54) is 4.90 Å². The third-order valence-electron chi connectivity index (χ3n) is 0.670. The average Bonchev–Trinajstić information content (AvgIpc) is 1.63. The van der Waals surface area contributed by atoms with Crippen LogP contribution in [0.25, 0.3) is 0 Å². The molecule has 0 N–H and O–H groups in total. The van der Waals surface area contributed by atoms with Gasteiger partial charge in [0.15, 0.2) is 0 Å². The Hall–Kier alpha value is -0.130. The van der Waals surface area contributed by atoms with Gasteiger partial charge in [0.05, 0.1) is 7.11 Å². The maximum absolute atomic E-state index is 10.5. The summed E-state index contributed by atoms with van der Waals surface area (Å²) in [6.45, 7) is 0. The first-order valence-electron chi connectivity index (χ1n) is 2.41. The van der Waals surface area contributed by atoms with Crippen LogP contribution in [0.4, 0.5) is 0 Å². The summed E-state index contributed by atoms with van der Waals surface area (Å²) >= 11 is 0. The molecule has 0 amide bonds. The molecular weight excluding hydrogens is 142 g/mol. The molecule has 0 aliphatic heterocycles. The van der Waals surface area contributed by atoms with E-state index in [0.717, 1.165) is 7.11 Å². The Bertz CT molecular complexity index is 161. The highest BCUT2D eigenvalue weighted by molar-refractivity contribution is 7.86. The molecule has 0 heterocycles. The van der Waals surface area contributed by atoms with E-state index in [2.05, 4.69) is 4.18 Å². The van der Waals surface area contributed by atoms with Crippen molar-refractivity contribution in [2.24, 2.45) is 0 Å². The van der Waals surface area contributed by atoms with Crippen LogP contribution in [0.1, 0.15) is 0 Å². The molecule has 0 aromatic heterocycles. The van der Waals surface area contributed by atoms with Crippen LogP contribution in [-0.4, -0.2) is 40.4 Å². The second-order valence-corrected chi connectivity index (χ2v) is 3.64. The fraction of sp³-hybridized carbons (Fsp3) is 1.00. The molecule has 0 saturated heterocycles. The minimum absolute atomic E-state index is 0.0660. The number of rotatable bonds is 3. The summed E-state index contributed by atoms with van der Waals surface area (Å²) in [4.78, 5) is 1.53. The van der Waals surface area contributed by atoms with E-state index >= 15 is 0 Å². The topological polar surface area (TPSA) is 46.6 Å². The molecule has 0 fully saturated rings. The van der Waals surface area contributed by atoms with Crippen molar-refractivity contribution >= 4 is 10.1 Å². The number of hydrogen-bond acceptors (Lipinski definition) is 4. The first-order chi connectivity index (χ1) is 3.98. The van der Waals surface area contributed by atoms with Crippen molar-refractivity contribution in [2.45, 2.75) is 0 Å². The van der Waals surface area contributed by atoms with Crippen molar-refractivity contribution in [3.8, 4) is 0 Å². The highest BCUT2D eigenvalue weighted by Gasteiger charge is 2.08. The second kappa shape index (κ2) is 3.14. The van der Waals surface area contributed by atoms with Gasteiger partial charge in [0.1, 0.15) is 5.88 Å². The van der Waals surface area contributed by atoms with Gasteiger partial charge in [-0.1, -0.05) is 0 Å². The van der Waals surface area contributed by atoms with E-state index in [0.29, 0.717) is 0 Å². The maximum atomic E-state index is 10.5. The molecule has 0 unspecified atom stereocenters. The van der Waals surface area contributed by atoms with E-state index in [1.54, 1.807) is 14.1 Å². The Labute approximate surface area is 55.5 Å². The molecule has 9 heavy (non-hydrogen) atoms. The van der Waals surface area contributed by atoms with Crippen molar-refractivity contribution in [1.82, 2.24) is 4.90 Å². The molecule has 0 bridgehead atoms. The van der Waals surface area contributed by atoms with E-state index in [4.69, 9.17) is 0 Å². The Balaban J connectivity index is 3.90. The molecule has 0 atom stereocenters. The van der Waals surface area contributed by atoms with Crippen molar-refractivity contribution in [3.63, 3.8) is 0 Å². The molecule has 0 saturated carbocycles. The van der Waals surface area contributed by atoms with E-state index in [1.807, 2.05) is 0 Å². The third kappa shape index (κ3) is 4.38. The Morgan fingerprint density at radius 3 is 2.00 bits per heavy atom. The van der Waals surface area contributed by atoms with E-state index in [-0.39, 0.29) is 5.88 Å². The van der Waals surface area contributed by atoms with Gasteiger partial charge in [-0.2, -0.15) is 8.42 Å². The largest absolute Gasteiger partial charge is 0.294 e. The smallest absolute Gasteiger partial charge is 0.280 e. The first kappa shape index (κ1) is 8.87. The molecule has 0 rings (SSSR count). The van der Waals surface area contributed by atoms with Crippen LogP contribution in [0.15, 0.2) is 0 Å². The lowest BCUT2D eigenvalue weighted by Gasteiger charge is -2.07. The van der Waals surface area contributed by atoms with Crippen LogP contribution >= 0.6 is 0 Å². The fourth-order valence-electron chi connectivity index (χ4n) is 0.369. The van der Waals surface area contributed by atoms with Crippen molar-refractivity contribution < 1.29 is 12.6 Å². The molecule has 0 aromatic rings. The van der Waals surface area contributed by atoms with Crippen LogP contribution in [0.5, 0.6) is 0 Å². The van der Waals surface area contributed by atoms with Gasteiger partial charge in [-0.25, -0.2) is 0 Å². The predicted octanol–water partition coefficient (Wildman–Crippen LogP) is -0.518. The van der Waals surface area contributed by atoms with Crippen molar-refractivity contribution in [1.29, 1.82) is 0 Å². The lowest BCUT2D eigenvalue weighted by atomic mass is 11.0. The second-order valence-electron chi connectivity index (χ2n) is 1.93. The lowest BCUT2D eigenvalue weighted by molar-refractivity contribution is 0.368. The molecule has 0 spiro atoms. The number of hydrogen-bond donors (Lipinski definition) is 0. The highest BCUT2D eigenvalue weighted by atomic mass is 32.2. The monoisotopic (exact) mass is 153 g/mol. The Kier molecular flexibility index (Phi) is 3.10. The van der Waals surface area contributed by atoms with Gasteiger partial charge in [0.2, 0.25) is 0 Å². The molecule has 4 nitrogen and oxygen atoms in total. The van der Waals surface area contributed by atoms with Gasteiger partial charge < -0.3 is 0 Å². The molecule has 0 aromatic carbocycles. The van der Waals surface area contributed by atoms with Crippen molar-refractivity contribution in [2.75, 3.05) is 27.1 Å². The minimum atomic E-state index is -3.29.